The van der Waals surface area contributed by atoms with Crippen LogP contribution < -0.4 is 9.62 Å². The van der Waals surface area contributed by atoms with Gasteiger partial charge in [-0.05, 0) is 35.7 Å². The highest BCUT2D eigenvalue weighted by molar-refractivity contribution is 9.10. The molecule has 1 atom stereocenters. The summed E-state index contributed by atoms with van der Waals surface area (Å²) < 4.78 is 27.3. The number of nitrogens with one attached hydrogen (secondary N) is 1. The second kappa shape index (κ2) is 14.1. The Hall–Kier alpha value is -3.17. The zero-order chi connectivity index (χ0) is 27.5. The van der Waals surface area contributed by atoms with Gasteiger partial charge in [0.1, 0.15) is 12.6 Å². The summed E-state index contributed by atoms with van der Waals surface area (Å²) >= 11 is 3.38. The van der Waals surface area contributed by atoms with Crippen molar-refractivity contribution in [3.05, 3.63) is 101 Å². The molecule has 0 aliphatic carbocycles. The normalized spacial score (nSPS) is 12.0. The van der Waals surface area contributed by atoms with E-state index in [0.717, 1.165) is 34.5 Å². The Morgan fingerprint density at radius 2 is 1.55 bits per heavy atom. The van der Waals surface area contributed by atoms with E-state index in [4.69, 9.17) is 0 Å². The number of unbranched alkanes of at least 4 members (excludes halogenated alkanes) is 1. The SMILES string of the molecule is CCCCNC(=O)C(Cc1ccccc1)N(Cc1ccccc1)C(=O)CN(c1cccc(Br)c1)S(C)(=O)=O. The molecule has 38 heavy (non-hydrogen) atoms. The molecule has 0 saturated heterocycles. The van der Waals surface area contributed by atoms with Crippen molar-refractivity contribution in [2.75, 3.05) is 23.7 Å². The summed E-state index contributed by atoms with van der Waals surface area (Å²) in [5.41, 5.74) is 2.11. The van der Waals surface area contributed by atoms with Crippen LogP contribution in [0.25, 0.3) is 0 Å². The average Bonchev–Trinajstić information content (AvgIpc) is 2.89. The summed E-state index contributed by atoms with van der Waals surface area (Å²) in [6.07, 6.45) is 3.11. The molecule has 3 rings (SSSR count). The summed E-state index contributed by atoms with van der Waals surface area (Å²) in [4.78, 5) is 29.0. The number of hydrogen-bond donors (Lipinski definition) is 1. The molecule has 0 aliphatic rings. The van der Waals surface area contributed by atoms with E-state index in [1.807, 2.05) is 67.6 Å². The lowest BCUT2D eigenvalue weighted by Crippen LogP contribution is -2.53. The van der Waals surface area contributed by atoms with Gasteiger partial charge in [0, 0.05) is 24.0 Å². The van der Waals surface area contributed by atoms with Crippen molar-refractivity contribution in [1.29, 1.82) is 0 Å². The van der Waals surface area contributed by atoms with E-state index in [0.29, 0.717) is 23.1 Å². The third kappa shape index (κ3) is 8.70. The Kier molecular flexibility index (Phi) is 10.9. The number of benzene rings is 3. The molecule has 1 unspecified atom stereocenters. The zero-order valence-corrected chi connectivity index (χ0v) is 24.1. The van der Waals surface area contributed by atoms with Crippen LogP contribution in [0.4, 0.5) is 5.69 Å². The molecule has 7 nitrogen and oxygen atoms in total. The van der Waals surface area contributed by atoms with Crippen LogP contribution in [-0.2, 0) is 32.6 Å². The molecule has 0 saturated carbocycles. The first-order chi connectivity index (χ1) is 18.2. The summed E-state index contributed by atoms with van der Waals surface area (Å²) in [6, 6.07) is 24.9. The minimum Gasteiger partial charge on any atom is -0.354 e. The summed E-state index contributed by atoms with van der Waals surface area (Å²) in [6.45, 7) is 2.27. The molecule has 0 aliphatic heterocycles. The van der Waals surface area contributed by atoms with Gasteiger partial charge in [0.05, 0.1) is 11.9 Å². The van der Waals surface area contributed by atoms with Crippen molar-refractivity contribution in [3.8, 4) is 0 Å². The van der Waals surface area contributed by atoms with Gasteiger partial charge >= 0.3 is 0 Å². The molecule has 202 valence electrons. The van der Waals surface area contributed by atoms with E-state index in [9.17, 15) is 18.0 Å². The number of carbonyl (C=O) groups is 2. The van der Waals surface area contributed by atoms with Gasteiger partial charge < -0.3 is 10.2 Å². The second-order valence-corrected chi connectivity index (χ2v) is 11.9. The lowest BCUT2D eigenvalue weighted by atomic mass is 10.0. The van der Waals surface area contributed by atoms with Crippen molar-refractivity contribution >= 4 is 43.5 Å². The number of rotatable bonds is 13. The monoisotopic (exact) mass is 599 g/mol. The fraction of sp³-hybridized carbons (Fsp3) is 0.310. The summed E-state index contributed by atoms with van der Waals surface area (Å²) in [7, 11) is -3.79. The van der Waals surface area contributed by atoms with Crippen LogP contribution in [0.2, 0.25) is 0 Å². The Labute approximate surface area is 234 Å². The molecular weight excluding hydrogens is 566 g/mol. The van der Waals surface area contributed by atoms with Crippen molar-refractivity contribution in [2.45, 2.75) is 38.8 Å². The maximum atomic E-state index is 14.0. The Bertz CT molecular complexity index is 1300. The first kappa shape index (κ1) is 29.4. The minimum atomic E-state index is -3.79. The van der Waals surface area contributed by atoms with Crippen LogP contribution in [0.3, 0.4) is 0 Å². The Balaban J connectivity index is 2.01. The van der Waals surface area contributed by atoms with Gasteiger partial charge in [-0.3, -0.25) is 13.9 Å². The molecule has 0 aromatic heterocycles. The number of amides is 2. The third-order valence-electron chi connectivity index (χ3n) is 6.07. The molecule has 0 heterocycles. The highest BCUT2D eigenvalue weighted by Crippen LogP contribution is 2.23. The van der Waals surface area contributed by atoms with Crippen molar-refractivity contribution < 1.29 is 18.0 Å². The number of anilines is 1. The van der Waals surface area contributed by atoms with Gasteiger partial charge in [0.25, 0.3) is 0 Å². The summed E-state index contributed by atoms with van der Waals surface area (Å²) in [5, 5.41) is 2.98. The van der Waals surface area contributed by atoms with Crippen LogP contribution >= 0.6 is 15.9 Å². The number of hydrogen-bond acceptors (Lipinski definition) is 4. The number of sulfonamides is 1. The quantitative estimate of drug-likeness (QED) is 0.287. The maximum absolute atomic E-state index is 14.0. The van der Waals surface area contributed by atoms with Crippen LogP contribution in [0, 0.1) is 0 Å². The Morgan fingerprint density at radius 1 is 0.921 bits per heavy atom. The van der Waals surface area contributed by atoms with Crippen molar-refractivity contribution in [3.63, 3.8) is 0 Å². The molecule has 2 amide bonds. The molecule has 9 heteroatoms. The third-order valence-corrected chi connectivity index (χ3v) is 7.71. The van der Waals surface area contributed by atoms with Gasteiger partial charge in [0.2, 0.25) is 21.8 Å². The standard InChI is InChI=1S/C29H34BrN3O4S/c1-3-4-18-31-29(35)27(19-23-12-7-5-8-13-23)32(21-24-14-9-6-10-15-24)28(34)22-33(38(2,36)37)26-17-11-16-25(30)20-26/h5-17,20,27H,3-4,18-19,21-22H2,1-2H3,(H,31,35). The molecule has 0 fully saturated rings. The maximum Gasteiger partial charge on any atom is 0.244 e. The van der Waals surface area contributed by atoms with Crippen LogP contribution in [0.1, 0.15) is 30.9 Å². The zero-order valence-electron chi connectivity index (χ0n) is 21.7. The predicted molar refractivity (Wildman–Crippen MR) is 155 cm³/mol. The number of nitrogens with zero attached hydrogens (tertiary/aromatic N) is 2. The fourth-order valence-electron chi connectivity index (χ4n) is 4.09. The van der Waals surface area contributed by atoms with E-state index in [1.54, 1.807) is 24.3 Å². The van der Waals surface area contributed by atoms with Crippen molar-refractivity contribution in [1.82, 2.24) is 10.2 Å². The van der Waals surface area contributed by atoms with Crippen molar-refractivity contribution in [2.24, 2.45) is 0 Å². The predicted octanol–water partition coefficient (Wildman–Crippen LogP) is 4.77. The first-order valence-corrected chi connectivity index (χ1v) is 15.2. The summed E-state index contributed by atoms with van der Waals surface area (Å²) in [5.74, 6) is -0.731. The van der Waals surface area contributed by atoms with E-state index in [1.165, 1.54) is 4.90 Å². The molecule has 1 N–H and O–H groups in total. The van der Waals surface area contributed by atoms with Gasteiger partial charge in [-0.15, -0.1) is 0 Å². The Morgan fingerprint density at radius 3 is 2.13 bits per heavy atom. The first-order valence-electron chi connectivity index (χ1n) is 12.6. The van der Waals surface area contributed by atoms with Crippen LogP contribution in [-0.4, -0.2) is 50.5 Å². The lowest BCUT2D eigenvalue weighted by molar-refractivity contribution is -0.140. The van der Waals surface area contributed by atoms with Gasteiger partial charge in [-0.25, -0.2) is 8.42 Å². The smallest absolute Gasteiger partial charge is 0.244 e. The molecule has 0 spiro atoms. The highest BCUT2D eigenvalue weighted by Gasteiger charge is 2.32. The molecule has 3 aromatic carbocycles. The van der Waals surface area contributed by atoms with E-state index in [2.05, 4.69) is 21.2 Å². The topological polar surface area (TPSA) is 86.8 Å². The number of carbonyl (C=O) groups excluding carboxylic acids is 2. The largest absolute Gasteiger partial charge is 0.354 e. The molecule has 0 radical (unpaired) electrons. The van der Waals surface area contributed by atoms with E-state index < -0.39 is 28.5 Å². The minimum absolute atomic E-state index is 0.161. The number of halogens is 1. The highest BCUT2D eigenvalue weighted by atomic mass is 79.9. The molecular formula is C29H34BrN3O4S. The van der Waals surface area contributed by atoms with Crippen LogP contribution in [0.5, 0.6) is 0 Å². The van der Waals surface area contributed by atoms with E-state index >= 15 is 0 Å². The fourth-order valence-corrected chi connectivity index (χ4v) is 5.31. The molecule has 3 aromatic rings. The molecule has 0 bridgehead atoms. The average molecular weight is 601 g/mol. The van der Waals surface area contributed by atoms with E-state index in [-0.39, 0.29) is 12.5 Å². The van der Waals surface area contributed by atoms with Gasteiger partial charge in [-0.2, -0.15) is 0 Å². The van der Waals surface area contributed by atoms with Gasteiger partial charge in [-0.1, -0.05) is 96.0 Å². The van der Waals surface area contributed by atoms with Gasteiger partial charge in [0.15, 0.2) is 0 Å². The second-order valence-electron chi connectivity index (χ2n) is 9.11. The lowest BCUT2D eigenvalue weighted by Gasteiger charge is -2.33. The van der Waals surface area contributed by atoms with Crippen LogP contribution in [0.15, 0.2) is 89.4 Å².